The van der Waals surface area contributed by atoms with Crippen molar-refractivity contribution in [1.82, 2.24) is 5.32 Å². The van der Waals surface area contributed by atoms with Gasteiger partial charge >= 0.3 is 0 Å². The Bertz CT molecular complexity index is 460. The van der Waals surface area contributed by atoms with E-state index in [1.807, 2.05) is 0 Å². The van der Waals surface area contributed by atoms with Gasteiger partial charge in [0, 0.05) is 19.2 Å². The van der Waals surface area contributed by atoms with Crippen molar-refractivity contribution in [2.24, 2.45) is 0 Å². The standard InChI is InChI=1S/C12H14BrNO4/c13-7-5-8-12(18-4-3-17-8)10(11(7)15)9-6-14-1-2-16-9/h5,9,14-15H,1-4,6H2. The Kier molecular flexibility index (Phi) is 3.32. The smallest absolute Gasteiger partial charge is 0.171 e. The lowest BCUT2D eigenvalue weighted by molar-refractivity contribution is 0.0228. The number of ether oxygens (including phenoxy) is 3. The lowest BCUT2D eigenvalue weighted by Gasteiger charge is -2.29. The fourth-order valence-electron chi connectivity index (χ4n) is 2.22. The van der Waals surface area contributed by atoms with Crippen LogP contribution in [0.4, 0.5) is 0 Å². The molecule has 2 heterocycles. The van der Waals surface area contributed by atoms with Crippen molar-refractivity contribution in [2.45, 2.75) is 6.10 Å². The topological polar surface area (TPSA) is 60.0 Å². The van der Waals surface area contributed by atoms with E-state index < -0.39 is 0 Å². The first kappa shape index (κ1) is 12.1. The summed E-state index contributed by atoms with van der Waals surface area (Å²) in [7, 11) is 0. The molecule has 2 aliphatic rings. The van der Waals surface area contributed by atoms with Crippen LogP contribution in [-0.4, -0.2) is 38.0 Å². The Morgan fingerprint density at radius 1 is 1.28 bits per heavy atom. The Labute approximate surface area is 113 Å². The molecule has 6 heteroatoms. The van der Waals surface area contributed by atoms with Crippen LogP contribution < -0.4 is 14.8 Å². The van der Waals surface area contributed by atoms with Crippen molar-refractivity contribution in [3.63, 3.8) is 0 Å². The van der Waals surface area contributed by atoms with Crippen LogP contribution in [0, 0.1) is 0 Å². The number of aromatic hydroxyl groups is 1. The van der Waals surface area contributed by atoms with Gasteiger partial charge in [0.25, 0.3) is 0 Å². The van der Waals surface area contributed by atoms with Crippen LogP contribution in [-0.2, 0) is 4.74 Å². The van der Waals surface area contributed by atoms with E-state index in [0.717, 1.165) is 6.54 Å². The first-order valence-electron chi connectivity index (χ1n) is 5.90. The van der Waals surface area contributed by atoms with Crippen molar-refractivity contribution >= 4 is 15.9 Å². The molecule has 5 nitrogen and oxygen atoms in total. The third-order valence-electron chi connectivity index (χ3n) is 3.04. The van der Waals surface area contributed by atoms with Gasteiger partial charge in [0.15, 0.2) is 11.5 Å². The number of hydrogen-bond donors (Lipinski definition) is 2. The van der Waals surface area contributed by atoms with Crippen LogP contribution in [0.2, 0.25) is 0 Å². The van der Waals surface area contributed by atoms with E-state index in [2.05, 4.69) is 21.2 Å². The monoisotopic (exact) mass is 315 g/mol. The minimum atomic E-state index is -0.216. The lowest BCUT2D eigenvalue weighted by atomic mass is 10.0. The molecule has 0 spiro atoms. The molecule has 2 aliphatic heterocycles. The zero-order valence-electron chi connectivity index (χ0n) is 9.74. The van der Waals surface area contributed by atoms with E-state index in [1.165, 1.54) is 0 Å². The molecule has 1 fully saturated rings. The van der Waals surface area contributed by atoms with Crippen molar-refractivity contribution in [2.75, 3.05) is 32.9 Å². The number of morpholine rings is 1. The molecular formula is C12H14BrNO4. The van der Waals surface area contributed by atoms with Crippen molar-refractivity contribution in [1.29, 1.82) is 0 Å². The molecule has 0 radical (unpaired) electrons. The van der Waals surface area contributed by atoms with Gasteiger partial charge in [0.05, 0.1) is 16.6 Å². The predicted molar refractivity (Wildman–Crippen MR) is 68.4 cm³/mol. The number of phenolic OH excluding ortho intramolecular Hbond substituents is 1. The molecule has 0 aromatic heterocycles. The molecule has 0 amide bonds. The molecule has 1 atom stereocenters. The van der Waals surface area contributed by atoms with E-state index in [-0.39, 0.29) is 11.9 Å². The molecule has 1 aromatic carbocycles. The maximum Gasteiger partial charge on any atom is 0.171 e. The number of halogens is 1. The van der Waals surface area contributed by atoms with Gasteiger partial charge in [-0.2, -0.15) is 0 Å². The van der Waals surface area contributed by atoms with Gasteiger partial charge in [-0.3, -0.25) is 0 Å². The summed E-state index contributed by atoms with van der Waals surface area (Å²) in [5.74, 6) is 1.40. The quantitative estimate of drug-likeness (QED) is 0.824. The number of hydrogen-bond acceptors (Lipinski definition) is 5. The minimum absolute atomic E-state index is 0.160. The summed E-state index contributed by atoms with van der Waals surface area (Å²) in [4.78, 5) is 0. The minimum Gasteiger partial charge on any atom is -0.506 e. The lowest BCUT2D eigenvalue weighted by Crippen LogP contribution is -2.34. The molecular weight excluding hydrogens is 302 g/mol. The molecule has 0 bridgehead atoms. The molecule has 0 aliphatic carbocycles. The van der Waals surface area contributed by atoms with Gasteiger partial charge < -0.3 is 24.6 Å². The number of rotatable bonds is 1. The van der Waals surface area contributed by atoms with Crippen molar-refractivity contribution in [3.8, 4) is 17.2 Å². The first-order valence-corrected chi connectivity index (χ1v) is 6.70. The Hall–Kier alpha value is -0.980. The first-order chi connectivity index (χ1) is 8.77. The predicted octanol–water partition coefficient (Wildman–Crippen LogP) is 1.59. The Morgan fingerprint density at radius 2 is 2.11 bits per heavy atom. The Balaban J connectivity index is 2.07. The highest BCUT2D eigenvalue weighted by Gasteiger charge is 2.29. The van der Waals surface area contributed by atoms with E-state index in [4.69, 9.17) is 14.2 Å². The fourth-order valence-corrected chi connectivity index (χ4v) is 2.64. The van der Waals surface area contributed by atoms with Gasteiger partial charge in [0.2, 0.25) is 0 Å². The maximum atomic E-state index is 10.2. The van der Waals surface area contributed by atoms with E-state index in [0.29, 0.717) is 47.9 Å². The molecule has 3 rings (SSSR count). The highest BCUT2D eigenvalue weighted by molar-refractivity contribution is 9.10. The highest BCUT2D eigenvalue weighted by atomic mass is 79.9. The summed E-state index contributed by atoms with van der Waals surface area (Å²) < 4.78 is 17.5. The van der Waals surface area contributed by atoms with E-state index in [9.17, 15) is 5.11 Å². The molecule has 1 saturated heterocycles. The van der Waals surface area contributed by atoms with Gasteiger partial charge in [-0.25, -0.2) is 0 Å². The van der Waals surface area contributed by atoms with E-state index >= 15 is 0 Å². The SMILES string of the molecule is Oc1c(Br)cc2c(c1C1CNCCO1)OCCO2. The average Bonchev–Trinajstić information content (AvgIpc) is 2.41. The Morgan fingerprint density at radius 3 is 2.89 bits per heavy atom. The summed E-state index contributed by atoms with van der Waals surface area (Å²) in [6, 6.07) is 1.73. The highest BCUT2D eigenvalue weighted by Crippen LogP contribution is 2.47. The second-order valence-corrected chi connectivity index (χ2v) is 5.06. The summed E-state index contributed by atoms with van der Waals surface area (Å²) in [5.41, 5.74) is 0.659. The maximum absolute atomic E-state index is 10.2. The molecule has 1 unspecified atom stereocenters. The van der Waals surface area contributed by atoms with Crippen LogP contribution in [0.5, 0.6) is 17.2 Å². The van der Waals surface area contributed by atoms with Crippen LogP contribution in [0.25, 0.3) is 0 Å². The zero-order chi connectivity index (χ0) is 12.5. The van der Waals surface area contributed by atoms with Gasteiger partial charge in [-0.05, 0) is 15.9 Å². The van der Waals surface area contributed by atoms with Gasteiger partial charge in [-0.1, -0.05) is 0 Å². The average molecular weight is 316 g/mol. The second kappa shape index (κ2) is 4.95. The number of phenols is 1. The zero-order valence-corrected chi connectivity index (χ0v) is 11.3. The molecule has 1 aromatic rings. The third-order valence-corrected chi connectivity index (χ3v) is 3.65. The normalized spacial score (nSPS) is 22.8. The largest absolute Gasteiger partial charge is 0.506 e. The van der Waals surface area contributed by atoms with Crippen LogP contribution in [0.3, 0.4) is 0 Å². The van der Waals surface area contributed by atoms with Crippen LogP contribution in [0.15, 0.2) is 10.5 Å². The number of nitrogens with one attached hydrogen (secondary N) is 1. The van der Waals surface area contributed by atoms with Gasteiger partial charge in [-0.15, -0.1) is 0 Å². The summed E-state index contributed by atoms with van der Waals surface area (Å²) >= 11 is 3.33. The number of benzene rings is 1. The molecule has 98 valence electrons. The van der Waals surface area contributed by atoms with Crippen molar-refractivity contribution < 1.29 is 19.3 Å². The summed E-state index contributed by atoms with van der Waals surface area (Å²) in [5, 5.41) is 13.5. The van der Waals surface area contributed by atoms with Crippen molar-refractivity contribution in [3.05, 3.63) is 16.1 Å². The molecule has 18 heavy (non-hydrogen) atoms. The molecule has 0 saturated carbocycles. The summed E-state index contributed by atoms with van der Waals surface area (Å²) in [6.45, 7) is 3.10. The second-order valence-electron chi connectivity index (χ2n) is 4.21. The van der Waals surface area contributed by atoms with Crippen LogP contribution in [0.1, 0.15) is 11.7 Å². The number of fused-ring (bicyclic) bond motifs is 1. The third kappa shape index (κ3) is 2.04. The molecule has 2 N–H and O–H groups in total. The summed E-state index contributed by atoms with van der Waals surface area (Å²) in [6.07, 6.45) is -0.216. The fraction of sp³-hybridized carbons (Fsp3) is 0.500. The van der Waals surface area contributed by atoms with Gasteiger partial charge in [0.1, 0.15) is 25.1 Å². The van der Waals surface area contributed by atoms with E-state index in [1.54, 1.807) is 6.07 Å². The van der Waals surface area contributed by atoms with Crippen LogP contribution >= 0.6 is 15.9 Å².